The third-order valence-electron chi connectivity index (χ3n) is 5.00. The van der Waals surface area contributed by atoms with Crippen LogP contribution in [0.5, 0.6) is 5.75 Å². The Balaban J connectivity index is 1.51. The number of unbranched alkanes of at least 4 members (excludes halogenated alkanes) is 3. The second-order valence-corrected chi connectivity index (χ2v) is 8.23. The van der Waals surface area contributed by atoms with E-state index in [9.17, 15) is 9.59 Å². The molecule has 2 amide bonds. The molecule has 0 saturated heterocycles. The molecule has 0 fully saturated rings. The molecule has 0 bridgehead atoms. The molecule has 3 aromatic carbocycles. The largest absolute Gasteiger partial charge is 0.492 e. The van der Waals surface area contributed by atoms with E-state index < -0.39 is 0 Å². The Bertz CT molecular complexity index is 1050. The number of hydrogen-bond donors (Lipinski definition) is 2. The lowest BCUT2D eigenvalue weighted by molar-refractivity contribution is -0.121. The van der Waals surface area contributed by atoms with Crippen LogP contribution in [0.25, 0.3) is 10.8 Å². The van der Waals surface area contributed by atoms with Crippen LogP contribution >= 0.6 is 15.9 Å². The second-order valence-electron chi connectivity index (χ2n) is 7.37. The van der Waals surface area contributed by atoms with Crippen LogP contribution in [-0.4, -0.2) is 18.4 Å². The Hall–Kier alpha value is -2.86. The van der Waals surface area contributed by atoms with Crippen LogP contribution in [-0.2, 0) is 11.2 Å². The van der Waals surface area contributed by atoms with E-state index in [0.29, 0.717) is 22.4 Å². The molecule has 0 aliphatic rings. The fourth-order valence-electron chi connectivity index (χ4n) is 3.33. The fraction of sp³-hybridized carbons (Fsp3) is 0.280. The summed E-state index contributed by atoms with van der Waals surface area (Å²) in [6.07, 6.45) is 4.72. The molecule has 0 radical (unpaired) electrons. The Morgan fingerprint density at radius 1 is 0.935 bits per heavy atom. The van der Waals surface area contributed by atoms with Gasteiger partial charge in [-0.05, 0) is 56.9 Å². The van der Waals surface area contributed by atoms with E-state index in [1.807, 2.05) is 42.5 Å². The van der Waals surface area contributed by atoms with E-state index in [4.69, 9.17) is 4.74 Å². The van der Waals surface area contributed by atoms with E-state index in [1.165, 1.54) is 12.8 Å². The lowest BCUT2D eigenvalue weighted by Crippen LogP contribution is -2.42. The monoisotopic (exact) mass is 482 g/mol. The molecule has 0 saturated carbocycles. The number of carbonyl (C=O) groups is 2. The van der Waals surface area contributed by atoms with Gasteiger partial charge in [0, 0.05) is 5.56 Å². The standard InChI is InChI=1S/C25H27BrN2O3/c1-2-3-4-7-15-31-23-14-13-20(16-22(23)26)25(30)28-27-24(29)17-19-11-8-10-18-9-5-6-12-21(18)19/h5-6,8-14,16H,2-4,7,15,17H2,1H3,(H,27,29)(H,28,30). The number of halogens is 1. The summed E-state index contributed by atoms with van der Waals surface area (Å²) < 4.78 is 6.48. The average Bonchev–Trinajstić information content (AvgIpc) is 2.78. The maximum Gasteiger partial charge on any atom is 0.269 e. The third kappa shape index (κ3) is 6.56. The zero-order valence-corrected chi connectivity index (χ0v) is 19.2. The maximum absolute atomic E-state index is 12.4. The minimum Gasteiger partial charge on any atom is -0.492 e. The van der Waals surface area contributed by atoms with Crippen molar-refractivity contribution in [3.8, 4) is 5.75 Å². The third-order valence-corrected chi connectivity index (χ3v) is 5.62. The molecule has 6 heteroatoms. The number of ether oxygens (including phenoxy) is 1. The zero-order chi connectivity index (χ0) is 22.1. The number of carbonyl (C=O) groups excluding carboxylic acids is 2. The molecule has 3 aromatic rings. The summed E-state index contributed by atoms with van der Waals surface area (Å²) in [5.41, 5.74) is 6.31. The highest BCUT2D eigenvalue weighted by atomic mass is 79.9. The summed E-state index contributed by atoms with van der Waals surface area (Å²) in [6, 6.07) is 18.9. The van der Waals surface area contributed by atoms with Gasteiger partial charge in [-0.15, -0.1) is 0 Å². The maximum atomic E-state index is 12.4. The molecule has 0 atom stereocenters. The number of rotatable bonds is 9. The molecule has 5 nitrogen and oxygen atoms in total. The number of benzene rings is 3. The van der Waals surface area contributed by atoms with Gasteiger partial charge in [0.1, 0.15) is 5.75 Å². The minimum atomic E-state index is -0.388. The van der Waals surface area contributed by atoms with Crippen molar-refractivity contribution >= 4 is 38.5 Å². The normalized spacial score (nSPS) is 10.6. The Morgan fingerprint density at radius 3 is 2.55 bits per heavy atom. The molecule has 0 aliphatic carbocycles. The first-order valence-electron chi connectivity index (χ1n) is 10.6. The van der Waals surface area contributed by atoms with Gasteiger partial charge in [-0.2, -0.15) is 0 Å². The van der Waals surface area contributed by atoms with Crippen molar-refractivity contribution in [2.75, 3.05) is 6.61 Å². The van der Waals surface area contributed by atoms with Gasteiger partial charge >= 0.3 is 0 Å². The smallest absolute Gasteiger partial charge is 0.269 e. The lowest BCUT2D eigenvalue weighted by atomic mass is 10.0. The van der Waals surface area contributed by atoms with Gasteiger partial charge in [0.25, 0.3) is 5.91 Å². The molecule has 31 heavy (non-hydrogen) atoms. The van der Waals surface area contributed by atoms with Crippen LogP contribution in [0.2, 0.25) is 0 Å². The van der Waals surface area contributed by atoms with Crippen LogP contribution in [0.4, 0.5) is 0 Å². The van der Waals surface area contributed by atoms with Gasteiger partial charge < -0.3 is 4.74 Å². The van der Waals surface area contributed by atoms with Crippen molar-refractivity contribution in [2.24, 2.45) is 0 Å². The van der Waals surface area contributed by atoms with Gasteiger partial charge in [0.2, 0.25) is 5.91 Å². The molecule has 0 aliphatic heterocycles. The molecular formula is C25H27BrN2O3. The summed E-state index contributed by atoms with van der Waals surface area (Å²) in [7, 11) is 0. The highest BCUT2D eigenvalue weighted by Crippen LogP contribution is 2.26. The van der Waals surface area contributed by atoms with Crippen LogP contribution < -0.4 is 15.6 Å². The summed E-state index contributed by atoms with van der Waals surface area (Å²) >= 11 is 3.45. The highest BCUT2D eigenvalue weighted by Gasteiger charge is 2.12. The average molecular weight is 483 g/mol. The van der Waals surface area contributed by atoms with Crippen LogP contribution in [0, 0.1) is 0 Å². The Labute approximate surface area is 191 Å². The topological polar surface area (TPSA) is 67.4 Å². The van der Waals surface area contributed by atoms with E-state index in [1.54, 1.807) is 18.2 Å². The van der Waals surface area contributed by atoms with Crippen molar-refractivity contribution in [3.05, 3.63) is 76.3 Å². The molecular weight excluding hydrogens is 456 g/mol. The van der Waals surface area contributed by atoms with E-state index >= 15 is 0 Å². The summed E-state index contributed by atoms with van der Waals surface area (Å²) in [5, 5.41) is 2.11. The summed E-state index contributed by atoms with van der Waals surface area (Å²) in [4.78, 5) is 24.8. The SMILES string of the molecule is CCCCCCOc1ccc(C(=O)NNC(=O)Cc2cccc3ccccc23)cc1Br. The fourth-order valence-corrected chi connectivity index (χ4v) is 3.83. The van der Waals surface area contributed by atoms with Crippen molar-refractivity contribution in [2.45, 2.75) is 39.0 Å². The van der Waals surface area contributed by atoms with Crippen LogP contribution in [0.1, 0.15) is 48.5 Å². The molecule has 0 heterocycles. The molecule has 2 N–H and O–H groups in total. The number of hydrogen-bond acceptors (Lipinski definition) is 3. The first-order chi connectivity index (χ1) is 15.1. The molecule has 0 spiro atoms. The number of hydrazine groups is 1. The number of nitrogens with one attached hydrogen (secondary N) is 2. The van der Waals surface area contributed by atoms with Crippen LogP contribution in [0.3, 0.4) is 0 Å². The van der Waals surface area contributed by atoms with Gasteiger partial charge in [0.15, 0.2) is 0 Å². The quantitative estimate of drug-likeness (QED) is 0.309. The minimum absolute atomic E-state index is 0.177. The molecule has 0 unspecified atom stereocenters. The van der Waals surface area contributed by atoms with Gasteiger partial charge in [0.05, 0.1) is 17.5 Å². The lowest BCUT2D eigenvalue weighted by Gasteiger charge is -2.11. The van der Waals surface area contributed by atoms with Crippen molar-refractivity contribution in [1.82, 2.24) is 10.9 Å². The van der Waals surface area contributed by atoms with Crippen molar-refractivity contribution < 1.29 is 14.3 Å². The van der Waals surface area contributed by atoms with Gasteiger partial charge in [-0.25, -0.2) is 0 Å². The van der Waals surface area contributed by atoms with Crippen molar-refractivity contribution in [3.63, 3.8) is 0 Å². The van der Waals surface area contributed by atoms with E-state index in [2.05, 4.69) is 33.7 Å². The predicted molar refractivity (Wildman–Crippen MR) is 127 cm³/mol. The highest BCUT2D eigenvalue weighted by molar-refractivity contribution is 9.10. The number of fused-ring (bicyclic) bond motifs is 1. The molecule has 0 aromatic heterocycles. The first-order valence-corrected chi connectivity index (χ1v) is 11.4. The van der Waals surface area contributed by atoms with Crippen LogP contribution in [0.15, 0.2) is 65.1 Å². The Kier molecular flexibility index (Phi) is 8.47. The first kappa shape index (κ1) is 22.8. The van der Waals surface area contributed by atoms with Gasteiger partial charge in [-0.3, -0.25) is 20.4 Å². The predicted octanol–water partition coefficient (Wildman–Crippen LogP) is 5.57. The summed E-state index contributed by atoms with van der Waals surface area (Å²) in [5.74, 6) is 0.0327. The van der Waals surface area contributed by atoms with E-state index in [0.717, 1.165) is 29.2 Å². The van der Waals surface area contributed by atoms with Gasteiger partial charge in [-0.1, -0.05) is 68.7 Å². The second kappa shape index (κ2) is 11.5. The summed E-state index contributed by atoms with van der Waals surface area (Å²) in [6.45, 7) is 2.82. The van der Waals surface area contributed by atoms with E-state index in [-0.39, 0.29) is 18.2 Å². The van der Waals surface area contributed by atoms with Crippen molar-refractivity contribution in [1.29, 1.82) is 0 Å². The molecule has 162 valence electrons. The molecule has 3 rings (SSSR count). The zero-order valence-electron chi connectivity index (χ0n) is 17.6. The Morgan fingerprint density at radius 2 is 1.74 bits per heavy atom. The number of amides is 2.